The number of rotatable bonds is 1. The molecule has 0 aliphatic rings. The molecule has 0 radical (unpaired) electrons. The van der Waals surface area contributed by atoms with Gasteiger partial charge in [0, 0.05) is 16.1 Å². The highest BCUT2D eigenvalue weighted by atomic mass is 35.5. The molecule has 15 heavy (non-hydrogen) atoms. The van der Waals surface area contributed by atoms with E-state index in [4.69, 9.17) is 28.9 Å². The lowest BCUT2D eigenvalue weighted by Gasteiger charge is -2.06. The molecule has 0 spiro atoms. The summed E-state index contributed by atoms with van der Waals surface area (Å²) in [6.45, 7) is 0. The molecular formula is C10H7Cl2N3. The molecule has 1 aromatic heterocycles. The first-order chi connectivity index (χ1) is 7.18. The summed E-state index contributed by atoms with van der Waals surface area (Å²) >= 11 is 11.8. The third-order valence-corrected chi connectivity index (χ3v) is 2.47. The fourth-order valence-corrected chi connectivity index (χ4v) is 1.66. The van der Waals surface area contributed by atoms with Crippen LogP contribution in [0.3, 0.4) is 0 Å². The summed E-state index contributed by atoms with van der Waals surface area (Å²) in [4.78, 5) is 0. The van der Waals surface area contributed by atoms with Crippen molar-refractivity contribution in [3.05, 3.63) is 40.5 Å². The van der Waals surface area contributed by atoms with E-state index in [1.807, 2.05) is 18.2 Å². The molecule has 2 aromatic rings. The van der Waals surface area contributed by atoms with Crippen LogP contribution in [0.25, 0.3) is 11.1 Å². The molecule has 3 nitrogen and oxygen atoms in total. The average molecular weight is 240 g/mol. The van der Waals surface area contributed by atoms with Gasteiger partial charge in [0.25, 0.3) is 0 Å². The summed E-state index contributed by atoms with van der Waals surface area (Å²) in [5, 5.41) is 8.27. The summed E-state index contributed by atoms with van der Waals surface area (Å²) in [5.74, 6) is 0.313. The van der Waals surface area contributed by atoms with Crippen LogP contribution in [0.4, 0.5) is 5.82 Å². The van der Waals surface area contributed by atoms with Gasteiger partial charge < -0.3 is 5.73 Å². The Balaban J connectivity index is 2.64. The van der Waals surface area contributed by atoms with E-state index in [2.05, 4.69) is 10.2 Å². The summed E-state index contributed by atoms with van der Waals surface area (Å²) in [7, 11) is 0. The molecule has 0 amide bonds. The standard InChI is InChI=1S/C10H7Cl2N3/c11-8-4-2-1-3-6(8)7-5-9(12)14-15-10(7)13/h1-5H,(H2,13,15). The average Bonchev–Trinajstić information content (AvgIpc) is 2.23. The molecule has 1 heterocycles. The van der Waals surface area contributed by atoms with E-state index in [0.29, 0.717) is 21.6 Å². The second kappa shape index (κ2) is 4.04. The van der Waals surface area contributed by atoms with Gasteiger partial charge >= 0.3 is 0 Å². The van der Waals surface area contributed by atoms with Gasteiger partial charge in [-0.25, -0.2) is 0 Å². The Labute approximate surface area is 96.8 Å². The zero-order valence-electron chi connectivity index (χ0n) is 7.61. The topological polar surface area (TPSA) is 51.8 Å². The first-order valence-corrected chi connectivity index (χ1v) is 4.97. The zero-order chi connectivity index (χ0) is 10.8. The maximum Gasteiger partial charge on any atom is 0.154 e. The number of aromatic nitrogens is 2. The van der Waals surface area contributed by atoms with E-state index in [-0.39, 0.29) is 0 Å². The molecule has 0 aliphatic heterocycles. The molecule has 5 heteroatoms. The van der Waals surface area contributed by atoms with Crippen molar-refractivity contribution in [2.45, 2.75) is 0 Å². The molecule has 76 valence electrons. The van der Waals surface area contributed by atoms with Crippen LogP contribution in [0.15, 0.2) is 30.3 Å². The Morgan fingerprint density at radius 3 is 2.47 bits per heavy atom. The predicted octanol–water partition coefficient (Wildman–Crippen LogP) is 3.03. The Kier molecular flexibility index (Phi) is 2.75. The molecule has 1 aromatic carbocycles. The molecule has 0 unspecified atom stereocenters. The van der Waals surface area contributed by atoms with Gasteiger partial charge in [-0.05, 0) is 12.1 Å². The van der Waals surface area contributed by atoms with Crippen LogP contribution in [0.5, 0.6) is 0 Å². The number of anilines is 1. The Morgan fingerprint density at radius 1 is 1.00 bits per heavy atom. The SMILES string of the molecule is Nc1nnc(Cl)cc1-c1ccccc1Cl. The third-order valence-electron chi connectivity index (χ3n) is 1.96. The van der Waals surface area contributed by atoms with Crippen LogP contribution in [0.1, 0.15) is 0 Å². The highest BCUT2D eigenvalue weighted by molar-refractivity contribution is 6.33. The lowest BCUT2D eigenvalue weighted by atomic mass is 10.1. The maximum atomic E-state index is 6.04. The van der Waals surface area contributed by atoms with Crippen LogP contribution in [-0.4, -0.2) is 10.2 Å². The lowest BCUT2D eigenvalue weighted by Crippen LogP contribution is -1.96. The van der Waals surface area contributed by atoms with Crippen molar-refractivity contribution in [2.75, 3.05) is 5.73 Å². The first kappa shape index (κ1) is 10.2. The van der Waals surface area contributed by atoms with E-state index >= 15 is 0 Å². The second-order valence-electron chi connectivity index (χ2n) is 2.95. The van der Waals surface area contributed by atoms with E-state index in [9.17, 15) is 0 Å². The molecule has 0 saturated carbocycles. The van der Waals surface area contributed by atoms with E-state index in [0.717, 1.165) is 5.56 Å². The summed E-state index contributed by atoms with van der Waals surface area (Å²) < 4.78 is 0. The maximum absolute atomic E-state index is 6.04. The number of halogens is 2. The Hall–Kier alpha value is -1.32. The lowest BCUT2D eigenvalue weighted by molar-refractivity contribution is 1.04. The number of hydrogen-bond donors (Lipinski definition) is 1. The normalized spacial score (nSPS) is 10.3. The van der Waals surface area contributed by atoms with Crippen LogP contribution in [0.2, 0.25) is 10.2 Å². The van der Waals surface area contributed by atoms with Gasteiger partial charge in [0.15, 0.2) is 11.0 Å². The predicted molar refractivity (Wildman–Crippen MR) is 61.9 cm³/mol. The van der Waals surface area contributed by atoms with Gasteiger partial charge in [-0.3, -0.25) is 0 Å². The number of nitrogens with two attached hydrogens (primary N) is 1. The molecule has 0 aliphatic carbocycles. The Morgan fingerprint density at radius 2 is 1.73 bits per heavy atom. The van der Waals surface area contributed by atoms with Crippen molar-refractivity contribution < 1.29 is 0 Å². The third kappa shape index (κ3) is 2.03. The second-order valence-corrected chi connectivity index (χ2v) is 3.74. The smallest absolute Gasteiger partial charge is 0.154 e. The highest BCUT2D eigenvalue weighted by Gasteiger charge is 2.08. The van der Waals surface area contributed by atoms with E-state index in [1.165, 1.54) is 0 Å². The van der Waals surface area contributed by atoms with Crippen LogP contribution in [0, 0.1) is 0 Å². The minimum Gasteiger partial charge on any atom is -0.382 e. The van der Waals surface area contributed by atoms with Crippen molar-refractivity contribution >= 4 is 29.0 Å². The molecule has 2 N–H and O–H groups in total. The van der Waals surface area contributed by atoms with Crippen LogP contribution in [-0.2, 0) is 0 Å². The van der Waals surface area contributed by atoms with Crippen LogP contribution >= 0.6 is 23.2 Å². The van der Waals surface area contributed by atoms with E-state index < -0.39 is 0 Å². The summed E-state index contributed by atoms with van der Waals surface area (Å²) in [6, 6.07) is 9.00. The highest BCUT2D eigenvalue weighted by Crippen LogP contribution is 2.31. The molecule has 2 rings (SSSR count). The van der Waals surface area contributed by atoms with Crippen molar-refractivity contribution in [3.63, 3.8) is 0 Å². The number of benzene rings is 1. The fourth-order valence-electron chi connectivity index (χ4n) is 1.27. The van der Waals surface area contributed by atoms with Crippen molar-refractivity contribution in [1.29, 1.82) is 0 Å². The monoisotopic (exact) mass is 239 g/mol. The van der Waals surface area contributed by atoms with Gasteiger partial charge in [0.05, 0.1) is 0 Å². The van der Waals surface area contributed by atoms with Gasteiger partial charge in [-0.2, -0.15) is 0 Å². The van der Waals surface area contributed by atoms with Gasteiger partial charge in [-0.15, -0.1) is 10.2 Å². The largest absolute Gasteiger partial charge is 0.382 e. The summed E-state index contributed by atoms with van der Waals surface area (Å²) in [5.41, 5.74) is 7.19. The van der Waals surface area contributed by atoms with Gasteiger partial charge in [-0.1, -0.05) is 41.4 Å². The van der Waals surface area contributed by atoms with Crippen molar-refractivity contribution in [2.24, 2.45) is 0 Å². The Bertz CT molecular complexity index is 500. The molecular weight excluding hydrogens is 233 g/mol. The van der Waals surface area contributed by atoms with Gasteiger partial charge in [0.2, 0.25) is 0 Å². The minimum absolute atomic E-state index is 0.291. The number of hydrogen-bond acceptors (Lipinski definition) is 3. The number of nitrogens with zero attached hydrogens (tertiary/aromatic N) is 2. The van der Waals surface area contributed by atoms with Crippen LogP contribution < -0.4 is 5.73 Å². The quantitative estimate of drug-likeness (QED) is 0.833. The molecule has 0 bridgehead atoms. The van der Waals surface area contributed by atoms with Crippen molar-refractivity contribution in [1.82, 2.24) is 10.2 Å². The zero-order valence-corrected chi connectivity index (χ0v) is 9.13. The van der Waals surface area contributed by atoms with E-state index in [1.54, 1.807) is 12.1 Å². The fraction of sp³-hybridized carbons (Fsp3) is 0. The van der Waals surface area contributed by atoms with Gasteiger partial charge in [0.1, 0.15) is 0 Å². The summed E-state index contributed by atoms with van der Waals surface area (Å²) in [6.07, 6.45) is 0. The first-order valence-electron chi connectivity index (χ1n) is 4.22. The minimum atomic E-state index is 0.291. The molecule has 0 fully saturated rings. The molecule has 0 saturated heterocycles. The van der Waals surface area contributed by atoms with Crippen molar-refractivity contribution in [3.8, 4) is 11.1 Å². The number of nitrogen functional groups attached to an aromatic ring is 1. The molecule has 0 atom stereocenters.